The number of nitrogens with zero attached hydrogens (tertiary/aromatic N) is 1. The molecule has 0 heterocycles. The number of aryl methyl sites for hydroxylation is 3. The Balaban J connectivity index is 2.96. The number of carbonyl (C=O) groups is 1. The summed E-state index contributed by atoms with van der Waals surface area (Å²) in [5, 5.41) is 9.93. The number of nitrogens with two attached hydrogens (primary N) is 1. The lowest BCUT2D eigenvalue weighted by Crippen LogP contribution is -2.40. The minimum absolute atomic E-state index is 0.287. The Morgan fingerprint density at radius 1 is 1.29 bits per heavy atom. The average Bonchev–Trinajstić information content (AvgIpc) is 2.21. The highest BCUT2D eigenvalue weighted by Crippen LogP contribution is 2.22. The molecule has 0 fully saturated rings. The summed E-state index contributed by atoms with van der Waals surface area (Å²) in [5.74, 6) is -0.287. The Hall–Kier alpha value is -2.04. The Morgan fingerprint density at radius 2 is 1.76 bits per heavy atom. The second kappa shape index (κ2) is 4.86. The van der Waals surface area contributed by atoms with E-state index >= 15 is 0 Å². The van der Waals surface area contributed by atoms with Crippen LogP contribution in [0.25, 0.3) is 0 Å². The quantitative estimate of drug-likeness (QED) is 0.513. The molecule has 1 rings (SSSR count). The van der Waals surface area contributed by atoms with Crippen molar-refractivity contribution in [1.29, 1.82) is 5.41 Å². The third-order valence-corrected chi connectivity index (χ3v) is 2.57. The van der Waals surface area contributed by atoms with Gasteiger partial charge in [-0.2, -0.15) is 0 Å². The smallest absolute Gasteiger partial charge is 0.328 e. The van der Waals surface area contributed by atoms with Gasteiger partial charge in [0.05, 0.1) is 0 Å². The molecule has 0 atom stereocenters. The molecular formula is C12H18N4O. The number of carbonyl (C=O) groups excluding carboxylic acids is 1. The van der Waals surface area contributed by atoms with Gasteiger partial charge in [-0.15, -0.1) is 0 Å². The number of rotatable bonds is 1. The van der Waals surface area contributed by atoms with Gasteiger partial charge in [-0.1, -0.05) is 17.7 Å². The fourth-order valence-corrected chi connectivity index (χ4v) is 1.68. The molecule has 0 aromatic heterocycles. The van der Waals surface area contributed by atoms with Gasteiger partial charge in [-0.05, 0) is 31.9 Å². The number of nitrogens with one attached hydrogen (secondary N) is 2. The Bertz CT molecular complexity index is 445. The van der Waals surface area contributed by atoms with Gasteiger partial charge in [0.2, 0.25) is 0 Å². The van der Waals surface area contributed by atoms with Crippen molar-refractivity contribution in [2.24, 2.45) is 5.73 Å². The van der Waals surface area contributed by atoms with Crippen LogP contribution in [-0.2, 0) is 0 Å². The predicted molar refractivity (Wildman–Crippen MR) is 69.3 cm³/mol. The van der Waals surface area contributed by atoms with Crippen molar-refractivity contribution in [3.05, 3.63) is 28.8 Å². The van der Waals surface area contributed by atoms with Crippen LogP contribution in [-0.4, -0.2) is 23.9 Å². The predicted octanol–water partition coefficient (Wildman–Crippen LogP) is 1.97. The molecular weight excluding hydrogens is 216 g/mol. The van der Waals surface area contributed by atoms with Crippen LogP contribution in [0.5, 0.6) is 0 Å². The van der Waals surface area contributed by atoms with Crippen molar-refractivity contribution in [3.8, 4) is 0 Å². The van der Waals surface area contributed by atoms with E-state index in [9.17, 15) is 4.79 Å². The molecule has 17 heavy (non-hydrogen) atoms. The van der Waals surface area contributed by atoms with E-state index in [1.165, 1.54) is 7.05 Å². The fourth-order valence-electron chi connectivity index (χ4n) is 1.68. The first-order chi connectivity index (χ1) is 7.82. The number of hydrogen-bond acceptors (Lipinski definition) is 2. The average molecular weight is 234 g/mol. The zero-order chi connectivity index (χ0) is 13.2. The molecule has 0 spiro atoms. The van der Waals surface area contributed by atoms with E-state index in [0.717, 1.165) is 27.3 Å². The highest BCUT2D eigenvalue weighted by molar-refractivity contribution is 6.01. The molecule has 0 aliphatic heterocycles. The SMILES string of the molecule is Cc1cc(C)c(NC(=O)N(C)C(=N)N)c(C)c1. The van der Waals surface area contributed by atoms with E-state index in [1.54, 1.807) is 0 Å². The molecule has 0 unspecified atom stereocenters. The normalized spacial score (nSPS) is 9.88. The molecule has 5 nitrogen and oxygen atoms in total. The van der Waals surface area contributed by atoms with Crippen LogP contribution in [0.4, 0.5) is 10.5 Å². The van der Waals surface area contributed by atoms with Gasteiger partial charge in [0.1, 0.15) is 0 Å². The van der Waals surface area contributed by atoms with Crippen LogP contribution in [0.3, 0.4) is 0 Å². The zero-order valence-electron chi connectivity index (χ0n) is 10.6. The second-order valence-corrected chi connectivity index (χ2v) is 4.15. The number of anilines is 1. The minimum atomic E-state index is -0.410. The summed E-state index contributed by atoms with van der Waals surface area (Å²) in [7, 11) is 1.45. The monoisotopic (exact) mass is 234 g/mol. The molecule has 0 saturated heterocycles. The summed E-state index contributed by atoms with van der Waals surface area (Å²) in [6, 6.07) is 3.58. The van der Waals surface area contributed by atoms with E-state index in [4.69, 9.17) is 11.1 Å². The van der Waals surface area contributed by atoms with E-state index in [2.05, 4.69) is 5.32 Å². The van der Waals surface area contributed by atoms with Crippen molar-refractivity contribution in [3.63, 3.8) is 0 Å². The van der Waals surface area contributed by atoms with Crippen molar-refractivity contribution < 1.29 is 4.79 Å². The molecule has 2 amide bonds. The molecule has 0 saturated carbocycles. The summed E-state index contributed by atoms with van der Waals surface area (Å²) < 4.78 is 0. The highest BCUT2D eigenvalue weighted by Gasteiger charge is 2.13. The van der Waals surface area contributed by atoms with Crippen LogP contribution >= 0.6 is 0 Å². The van der Waals surface area contributed by atoms with Gasteiger partial charge < -0.3 is 11.1 Å². The van der Waals surface area contributed by atoms with Gasteiger partial charge in [0.15, 0.2) is 5.96 Å². The number of benzene rings is 1. The Kier molecular flexibility index (Phi) is 3.73. The highest BCUT2D eigenvalue weighted by atomic mass is 16.2. The van der Waals surface area contributed by atoms with E-state index in [-0.39, 0.29) is 5.96 Å². The van der Waals surface area contributed by atoms with Crippen LogP contribution in [0, 0.1) is 26.2 Å². The third kappa shape index (κ3) is 2.96. The first-order valence-corrected chi connectivity index (χ1v) is 5.29. The van der Waals surface area contributed by atoms with Crippen LogP contribution in [0.15, 0.2) is 12.1 Å². The van der Waals surface area contributed by atoms with Crippen LogP contribution in [0.2, 0.25) is 0 Å². The van der Waals surface area contributed by atoms with Gasteiger partial charge >= 0.3 is 6.03 Å². The molecule has 1 aromatic rings. The molecule has 0 bridgehead atoms. The molecule has 0 aliphatic carbocycles. The van der Waals surface area contributed by atoms with Crippen molar-refractivity contribution in [2.45, 2.75) is 20.8 Å². The largest absolute Gasteiger partial charge is 0.370 e. The number of urea groups is 1. The number of hydrogen-bond donors (Lipinski definition) is 3. The minimum Gasteiger partial charge on any atom is -0.370 e. The van der Waals surface area contributed by atoms with E-state index in [0.29, 0.717) is 0 Å². The molecule has 4 N–H and O–H groups in total. The lowest BCUT2D eigenvalue weighted by molar-refractivity contribution is 0.238. The number of guanidine groups is 1. The maximum atomic E-state index is 11.7. The molecule has 1 aromatic carbocycles. The zero-order valence-corrected chi connectivity index (χ0v) is 10.6. The fraction of sp³-hybridized carbons (Fsp3) is 0.333. The summed E-state index contributed by atoms with van der Waals surface area (Å²) >= 11 is 0. The summed E-state index contributed by atoms with van der Waals surface area (Å²) in [6.45, 7) is 5.88. The van der Waals surface area contributed by atoms with Gasteiger partial charge in [0.25, 0.3) is 0 Å². The second-order valence-electron chi connectivity index (χ2n) is 4.15. The maximum Gasteiger partial charge on any atom is 0.328 e. The molecule has 0 radical (unpaired) electrons. The van der Waals surface area contributed by atoms with Crippen molar-refractivity contribution in [2.75, 3.05) is 12.4 Å². The Labute approximate surface area is 101 Å². The van der Waals surface area contributed by atoms with Crippen molar-refractivity contribution >= 4 is 17.7 Å². The lowest BCUT2D eigenvalue weighted by atomic mass is 10.1. The van der Waals surface area contributed by atoms with E-state index < -0.39 is 6.03 Å². The van der Waals surface area contributed by atoms with Gasteiger partial charge in [-0.3, -0.25) is 10.3 Å². The lowest BCUT2D eigenvalue weighted by Gasteiger charge is -2.18. The standard InChI is InChI=1S/C12H18N4O/c1-7-5-8(2)10(9(3)6-7)15-12(17)16(4)11(13)14/h5-6H,1-4H3,(H3,13,14)(H,15,17). The first kappa shape index (κ1) is 13.0. The van der Waals surface area contributed by atoms with Gasteiger partial charge in [0, 0.05) is 12.7 Å². The Morgan fingerprint density at radius 3 is 2.18 bits per heavy atom. The van der Waals surface area contributed by atoms with Crippen molar-refractivity contribution in [1.82, 2.24) is 4.90 Å². The molecule has 5 heteroatoms. The third-order valence-electron chi connectivity index (χ3n) is 2.57. The topological polar surface area (TPSA) is 82.2 Å². The van der Waals surface area contributed by atoms with Crippen LogP contribution < -0.4 is 11.1 Å². The maximum absolute atomic E-state index is 11.7. The number of amides is 2. The molecule has 92 valence electrons. The molecule has 0 aliphatic rings. The summed E-state index contributed by atoms with van der Waals surface area (Å²) in [6.07, 6.45) is 0. The van der Waals surface area contributed by atoms with Gasteiger partial charge in [-0.25, -0.2) is 4.79 Å². The first-order valence-electron chi connectivity index (χ1n) is 5.29. The summed E-state index contributed by atoms with van der Waals surface area (Å²) in [4.78, 5) is 12.8. The summed E-state index contributed by atoms with van der Waals surface area (Å²) in [5.41, 5.74) is 9.15. The van der Waals surface area contributed by atoms with Crippen LogP contribution in [0.1, 0.15) is 16.7 Å². The van der Waals surface area contributed by atoms with E-state index in [1.807, 2.05) is 32.9 Å².